The summed E-state index contributed by atoms with van der Waals surface area (Å²) in [6.07, 6.45) is 23.0. The zero-order valence-corrected chi connectivity index (χ0v) is 12.8. The Morgan fingerprint density at radius 3 is 2.59 bits per heavy atom. The number of hydrogen-bond donors (Lipinski definition) is 1. The van der Waals surface area contributed by atoms with E-state index in [4.69, 9.17) is 0 Å². The van der Waals surface area contributed by atoms with Crippen molar-refractivity contribution in [1.82, 2.24) is 0 Å². The minimum atomic E-state index is -0.836. The average molecular weight is 294 g/mol. The molecule has 0 amide bonds. The van der Waals surface area contributed by atoms with Crippen LogP contribution >= 0.6 is 0 Å². The number of carboxylic acids is 1. The van der Waals surface area contributed by atoms with E-state index in [1.807, 2.05) is 18.2 Å². The Labute approximate surface area is 131 Å². The lowest BCUT2D eigenvalue weighted by molar-refractivity contribution is -0.132. The molecule has 0 aromatic heterocycles. The van der Waals surface area contributed by atoms with Crippen molar-refractivity contribution >= 4 is 5.97 Å². The second kappa shape index (κ2) is 6.78. The first kappa shape index (κ1) is 14.8. The van der Waals surface area contributed by atoms with Gasteiger partial charge in [-0.05, 0) is 61.7 Å². The second-order valence-corrected chi connectivity index (χ2v) is 6.23. The number of carboxylic acid groups (broad SMARTS) is 1. The Morgan fingerprint density at radius 2 is 1.82 bits per heavy atom. The maximum Gasteiger partial charge on any atom is 0.335 e. The molecule has 0 spiro atoms. The molecule has 2 nitrogen and oxygen atoms in total. The zero-order chi connectivity index (χ0) is 15.4. The Bertz CT molecular complexity index is 629. The molecule has 1 fully saturated rings. The molecule has 22 heavy (non-hydrogen) atoms. The van der Waals surface area contributed by atoms with Crippen LogP contribution in [-0.2, 0) is 4.79 Å². The lowest BCUT2D eigenvalue weighted by Crippen LogP contribution is -2.06. The third-order valence-electron chi connectivity index (χ3n) is 4.70. The molecule has 0 aromatic carbocycles. The molecule has 0 radical (unpaired) electrons. The molecule has 0 saturated heterocycles. The van der Waals surface area contributed by atoms with Crippen molar-refractivity contribution in [1.29, 1.82) is 0 Å². The van der Waals surface area contributed by atoms with Crippen LogP contribution in [0.5, 0.6) is 0 Å². The highest BCUT2D eigenvalue weighted by atomic mass is 16.4. The van der Waals surface area contributed by atoms with Gasteiger partial charge in [0.2, 0.25) is 0 Å². The fraction of sp³-hybridized carbons (Fsp3) is 0.350. The van der Waals surface area contributed by atoms with Gasteiger partial charge in [0.15, 0.2) is 0 Å². The highest BCUT2D eigenvalue weighted by molar-refractivity contribution is 5.92. The fourth-order valence-electron chi connectivity index (χ4n) is 3.34. The standard InChI is InChI=1S/C20H22O2/c21-20(22)19-14-17-6-3-5-16-10-8-15(9-11-16)4-1-2-7-18(19)13-12-17/h1-7,14-15H,8-13H2,(H,21,22)/b4-1-,6-3-,7-2-,16-5?. The average Bonchev–Trinajstić information content (AvgIpc) is 2.55. The van der Waals surface area contributed by atoms with E-state index in [2.05, 4.69) is 30.4 Å². The second-order valence-electron chi connectivity index (χ2n) is 6.23. The van der Waals surface area contributed by atoms with Gasteiger partial charge in [-0.3, -0.25) is 0 Å². The summed E-state index contributed by atoms with van der Waals surface area (Å²) in [5.41, 5.74) is 3.97. The molecule has 6 aliphatic rings. The van der Waals surface area contributed by atoms with Gasteiger partial charge in [-0.1, -0.05) is 48.1 Å². The van der Waals surface area contributed by atoms with Crippen molar-refractivity contribution in [3.63, 3.8) is 0 Å². The minimum Gasteiger partial charge on any atom is -0.478 e. The van der Waals surface area contributed by atoms with Crippen LogP contribution in [0.4, 0.5) is 0 Å². The van der Waals surface area contributed by atoms with Crippen molar-refractivity contribution in [2.75, 3.05) is 0 Å². The van der Waals surface area contributed by atoms with Gasteiger partial charge in [0.05, 0.1) is 5.57 Å². The summed E-state index contributed by atoms with van der Waals surface area (Å²) >= 11 is 0. The van der Waals surface area contributed by atoms with E-state index < -0.39 is 5.97 Å². The number of rotatable bonds is 1. The molecular formula is C20H22O2. The molecule has 0 aromatic rings. The van der Waals surface area contributed by atoms with Crippen LogP contribution in [-0.4, -0.2) is 11.1 Å². The van der Waals surface area contributed by atoms with Crippen LogP contribution in [0.2, 0.25) is 0 Å². The van der Waals surface area contributed by atoms with Gasteiger partial charge in [-0.2, -0.15) is 0 Å². The summed E-state index contributed by atoms with van der Waals surface area (Å²) in [6, 6.07) is 0. The summed E-state index contributed by atoms with van der Waals surface area (Å²) in [6.45, 7) is 0. The number of hydrogen-bond acceptors (Lipinski definition) is 1. The summed E-state index contributed by atoms with van der Waals surface area (Å²) < 4.78 is 0. The fourth-order valence-corrected chi connectivity index (χ4v) is 3.34. The highest BCUT2D eigenvalue weighted by Gasteiger charge is 2.16. The van der Waals surface area contributed by atoms with Gasteiger partial charge in [0.1, 0.15) is 0 Å². The van der Waals surface area contributed by atoms with Crippen LogP contribution < -0.4 is 0 Å². The quantitative estimate of drug-likeness (QED) is 0.748. The Morgan fingerprint density at radius 1 is 1.00 bits per heavy atom. The van der Waals surface area contributed by atoms with Crippen molar-refractivity contribution < 1.29 is 9.90 Å². The Hall–Kier alpha value is -2.09. The van der Waals surface area contributed by atoms with Crippen LogP contribution in [0.15, 0.2) is 70.9 Å². The molecule has 0 aliphatic heterocycles. The van der Waals surface area contributed by atoms with Crippen molar-refractivity contribution in [3.8, 4) is 0 Å². The zero-order valence-electron chi connectivity index (χ0n) is 12.8. The topological polar surface area (TPSA) is 37.3 Å². The van der Waals surface area contributed by atoms with Gasteiger partial charge in [0, 0.05) is 0 Å². The molecule has 0 atom stereocenters. The highest BCUT2D eigenvalue weighted by Crippen LogP contribution is 2.30. The Kier molecular flexibility index (Phi) is 4.57. The lowest BCUT2D eigenvalue weighted by atomic mass is 9.85. The van der Waals surface area contributed by atoms with E-state index in [-0.39, 0.29) is 0 Å². The number of allylic oxidation sites excluding steroid dienone is 10. The number of aliphatic carboxylic acids is 1. The molecule has 114 valence electrons. The SMILES string of the molecule is O=C(O)C1=C2/C=C\C=C/C3CCC(=C/C=C\C(=C1)CC2)CC3. The van der Waals surface area contributed by atoms with Crippen LogP contribution in [0.25, 0.3) is 0 Å². The predicted octanol–water partition coefficient (Wildman–Crippen LogP) is 4.89. The molecule has 0 heterocycles. The normalized spacial score (nSPS) is 29.2. The van der Waals surface area contributed by atoms with E-state index in [1.54, 1.807) is 0 Å². The maximum atomic E-state index is 11.5. The van der Waals surface area contributed by atoms with Gasteiger partial charge >= 0.3 is 5.97 Å². The first-order valence-corrected chi connectivity index (χ1v) is 8.10. The van der Waals surface area contributed by atoms with Crippen molar-refractivity contribution in [3.05, 3.63) is 70.9 Å². The van der Waals surface area contributed by atoms with E-state index in [0.717, 1.165) is 24.0 Å². The van der Waals surface area contributed by atoms with E-state index >= 15 is 0 Å². The summed E-state index contributed by atoms with van der Waals surface area (Å²) in [5, 5.41) is 9.41. The smallest absolute Gasteiger partial charge is 0.335 e. The third kappa shape index (κ3) is 3.56. The van der Waals surface area contributed by atoms with Gasteiger partial charge in [-0.25, -0.2) is 4.79 Å². The predicted molar refractivity (Wildman–Crippen MR) is 89.4 cm³/mol. The molecule has 2 heteroatoms. The third-order valence-corrected chi connectivity index (χ3v) is 4.70. The van der Waals surface area contributed by atoms with Gasteiger partial charge < -0.3 is 5.11 Å². The largest absolute Gasteiger partial charge is 0.478 e. The van der Waals surface area contributed by atoms with Gasteiger partial charge in [0.25, 0.3) is 0 Å². The summed E-state index contributed by atoms with van der Waals surface area (Å²) in [7, 11) is 0. The first-order chi connectivity index (χ1) is 10.7. The van der Waals surface area contributed by atoms with E-state index in [0.29, 0.717) is 11.5 Å². The summed E-state index contributed by atoms with van der Waals surface area (Å²) in [5.74, 6) is -0.182. The van der Waals surface area contributed by atoms with Crippen LogP contribution in [0.3, 0.4) is 0 Å². The molecule has 6 aliphatic carbocycles. The molecular weight excluding hydrogens is 272 g/mol. The van der Waals surface area contributed by atoms with E-state index in [9.17, 15) is 9.90 Å². The molecule has 1 saturated carbocycles. The summed E-state index contributed by atoms with van der Waals surface area (Å²) in [4.78, 5) is 11.5. The Balaban J connectivity index is 1.97. The molecule has 4 bridgehead atoms. The maximum absolute atomic E-state index is 11.5. The molecule has 6 rings (SSSR count). The first-order valence-electron chi connectivity index (χ1n) is 8.10. The minimum absolute atomic E-state index is 0.432. The monoisotopic (exact) mass is 294 g/mol. The van der Waals surface area contributed by atoms with Crippen LogP contribution in [0, 0.1) is 5.92 Å². The van der Waals surface area contributed by atoms with Crippen molar-refractivity contribution in [2.24, 2.45) is 5.92 Å². The van der Waals surface area contributed by atoms with Gasteiger partial charge in [-0.15, -0.1) is 0 Å². The molecule has 0 unspecified atom stereocenters. The molecule has 1 N–H and O–H groups in total. The van der Waals surface area contributed by atoms with Crippen LogP contribution in [0.1, 0.15) is 38.5 Å². The lowest BCUT2D eigenvalue weighted by Gasteiger charge is -2.20. The van der Waals surface area contributed by atoms with Crippen molar-refractivity contribution in [2.45, 2.75) is 38.5 Å². The van der Waals surface area contributed by atoms with E-state index in [1.165, 1.54) is 31.3 Å². The number of carbonyl (C=O) groups is 1.